The molecule has 1 rings (SSSR count). The summed E-state index contributed by atoms with van der Waals surface area (Å²) < 4.78 is 35.2. The summed E-state index contributed by atoms with van der Waals surface area (Å²) in [6.45, 7) is 1.29. The topological polar surface area (TPSA) is 34.1 Å². The van der Waals surface area contributed by atoms with Gasteiger partial charge in [0.15, 0.2) is 0 Å². The molecule has 1 aromatic rings. The Morgan fingerprint density at radius 1 is 1.33 bits per heavy atom. The first-order valence-corrected chi connectivity index (χ1v) is 6.95. The molecule has 1 atom stereocenters. The minimum Gasteiger partial charge on any atom is -0.212 e. The van der Waals surface area contributed by atoms with Gasteiger partial charge in [-0.2, -0.15) is 0 Å². The number of hydrogen-bond donors (Lipinski definition) is 0. The zero-order valence-electron chi connectivity index (χ0n) is 7.47. The Labute approximate surface area is 101 Å². The van der Waals surface area contributed by atoms with E-state index in [9.17, 15) is 12.8 Å². The van der Waals surface area contributed by atoms with E-state index in [4.69, 9.17) is 33.9 Å². The molecule has 0 saturated carbocycles. The SMILES string of the molecule is CC(c1c(Cl)ccc(F)c1Cl)S(=O)(=O)Cl. The smallest absolute Gasteiger partial charge is 0.212 e. The van der Waals surface area contributed by atoms with Crippen LogP contribution < -0.4 is 0 Å². The Balaban J connectivity index is 3.44. The zero-order valence-corrected chi connectivity index (χ0v) is 10.6. The van der Waals surface area contributed by atoms with Gasteiger partial charge in [-0.05, 0) is 19.1 Å². The molecule has 7 heteroatoms. The molecule has 0 bridgehead atoms. The van der Waals surface area contributed by atoms with Gasteiger partial charge in [0, 0.05) is 21.3 Å². The van der Waals surface area contributed by atoms with Gasteiger partial charge in [0.05, 0.1) is 5.02 Å². The lowest BCUT2D eigenvalue weighted by Gasteiger charge is -2.12. The second-order valence-corrected chi connectivity index (χ2v) is 6.61. The van der Waals surface area contributed by atoms with Crippen molar-refractivity contribution in [1.29, 1.82) is 0 Å². The Morgan fingerprint density at radius 2 is 1.87 bits per heavy atom. The molecule has 2 nitrogen and oxygen atoms in total. The summed E-state index contributed by atoms with van der Waals surface area (Å²) >= 11 is 11.3. The Bertz CT molecular complexity index is 487. The molecule has 0 aliphatic rings. The van der Waals surface area contributed by atoms with Crippen molar-refractivity contribution in [2.24, 2.45) is 0 Å². The fourth-order valence-electron chi connectivity index (χ4n) is 1.06. The van der Waals surface area contributed by atoms with E-state index in [1.807, 2.05) is 0 Å². The van der Waals surface area contributed by atoms with E-state index >= 15 is 0 Å². The summed E-state index contributed by atoms with van der Waals surface area (Å²) in [6, 6.07) is 2.29. The van der Waals surface area contributed by atoms with E-state index in [1.165, 1.54) is 13.0 Å². The summed E-state index contributed by atoms with van der Waals surface area (Å²) in [5, 5.41) is -1.41. The predicted molar refractivity (Wildman–Crippen MR) is 59.6 cm³/mol. The molecule has 1 unspecified atom stereocenters. The molecule has 0 radical (unpaired) electrons. The molecule has 0 aliphatic heterocycles. The number of rotatable bonds is 2. The first kappa shape index (κ1) is 13.0. The third-order valence-corrected chi connectivity index (χ3v) is 4.50. The van der Waals surface area contributed by atoms with Crippen molar-refractivity contribution in [2.75, 3.05) is 0 Å². The van der Waals surface area contributed by atoms with E-state index < -0.39 is 20.1 Å². The Hall–Kier alpha value is -0.0300. The van der Waals surface area contributed by atoms with Gasteiger partial charge in [-0.3, -0.25) is 0 Å². The van der Waals surface area contributed by atoms with Crippen LogP contribution in [0, 0.1) is 5.82 Å². The lowest BCUT2D eigenvalue weighted by atomic mass is 10.1. The van der Waals surface area contributed by atoms with Crippen LogP contribution >= 0.6 is 33.9 Å². The van der Waals surface area contributed by atoms with E-state index in [1.54, 1.807) is 0 Å². The van der Waals surface area contributed by atoms with E-state index in [0.29, 0.717) is 0 Å². The number of halogens is 4. The molecular formula is C8H6Cl3FO2S. The number of hydrogen-bond acceptors (Lipinski definition) is 2. The highest BCUT2D eigenvalue weighted by atomic mass is 35.7. The quantitative estimate of drug-likeness (QED) is 0.614. The molecule has 0 aromatic heterocycles. The monoisotopic (exact) mass is 290 g/mol. The van der Waals surface area contributed by atoms with Gasteiger partial charge in [0.25, 0.3) is 0 Å². The number of benzene rings is 1. The molecule has 15 heavy (non-hydrogen) atoms. The van der Waals surface area contributed by atoms with Gasteiger partial charge >= 0.3 is 0 Å². The summed E-state index contributed by atoms with van der Waals surface area (Å²) in [6.07, 6.45) is 0. The van der Waals surface area contributed by atoms with Crippen LogP contribution in [0.1, 0.15) is 17.7 Å². The highest BCUT2D eigenvalue weighted by Crippen LogP contribution is 2.37. The summed E-state index contributed by atoms with van der Waals surface area (Å²) in [5.41, 5.74) is -0.0201. The van der Waals surface area contributed by atoms with Crippen molar-refractivity contribution < 1.29 is 12.8 Å². The van der Waals surface area contributed by atoms with Crippen LogP contribution in [-0.4, -0.2) is 8.42 Å². The normalized spacial score (nSPS) is 13.9. The first-order valence-electron chi connectivity index (χ1n) is 3.82. The van der Waals surface area contributed by atoms with Crippen molar-refractivity contribution in [3.8, 4) is 0 Å². The van der Waals surface area contributed by atoms with Gasteiger partial charge in [0.2, 0.25) is 9.05 Å². The van der Waals surface area contributed by atoms with E-state index in [2.05, 4.69) is 0 Å². The van der Waals surface area contributed by atoms with Crippen molar-refractivity contribution in [2.45, 2.75) is 12.2 Å². The second-order valence-electron chi connectivity index (χ2n) is 2.87. The van der Waals surface area contributed by atoms with Crippen LogP contribution in [0.3, 0.4) is 0 Å². The predicted octanol–water partition coefficient (Wildman–Crippen LogP) is 3.76. The largest absolute Gasteiger partial charge is 0.239 e. The molecule has 84 valence electrons. The lowest BCUT2D eigenvalue weighted by Crippen LogP contribution is -2.05. The summed E-state index contributed by atoms with van der Waals surface area (Å²) in [7, 11) is 1.27. The second kappa shape index (κ2) is 4.45. The molecule has 0 amide bonds. The molecule has 0 saturated heterocycles. The Kier molecular flexibility index (Phi) is 3.87. The van der Waals surface area contributed by atoms with E-state index in [-0.39, 0.29) is 15.6 Å². The third-order valence-electron chi connectivity index (χ3n) is 1.91. The maximum atomic E-state index is 13.1. The van der Waals surface area contributed by atoms with Gasteiger partial charge in [-0.1, -0.05) is 23.2 Å². The van der Waals surface area contributed by atoms with Gasteiger partial charge in [0.1, 0.15) is 11.1 Å². The fraction of sp³-hybridized carbons (Fsp3) is 0.250. The van der Waals surface area contributed by atoms with Crippen molar-refractivity contribution in [3.63, 3.8) is 0 Å². The molecular weight excluding hydrogens is 286 g/mol. The van der Waals surface area contributed by atoms with Crippen molar-refractivity contribution >= 4 is 42.9 Å². The maximum Gasteiger partial charge on any atom is 0.239 e. The molecule has 1 aromatic carbocycles. The van der Waals surface area contributed by atoms with Gasteiger partial charge < -0.3 is 0 Å². The first-order chi connectivity index (χ1) is 6.75. The summed E-state index contributed by atoms with van der Waals surface area (Å²) in [5.74, 6) is -0.733. The minimum absolute atomic E-state index is 0.0201. The third kappa shape index (κ3) is 2.75. The van der Waals surface area contributed by atoms with Crippen molar-refractivity contribution in [1.82, 2.24) is 0 Å². The summed E-state index contributed by atoms with van der Waals surface area (Å²) in [4.78, 5) is 0. The van der Waals surface area contributed by atoms with Crippen LogP contribution in [0.2, 0.25) is 10.0 Å². The van der Waals surface area contributed by atoms with Crippen LogP contribution in [-0.2, 0) is 9.05 Å². The van der Waals surface area contributed by atoms with Crippen LogP contribution in [0.25, 0.3) is 0 Å². The molecule has 0 heterocycles. The average Bonchev–Trinajstić information content (AvgIpc) is 2.10. The van der Waals surface area contributed by atoms with Gasteiger partial charge in [-0.15, -0.1) is 0 Å². The molecule has 0 aliphatic carbocycles. The zero-order chi connectivity index (χ0) is 11.8. The standard InChI is InChI=1S/C8H6Cl3FO2S/c1-4(15(11,13)14)7-5(9)2-3-6(12)8(7)10/h2-4H,1H3. The molecule has 0 fully saturated rings. The molecule has 0 spiro atoms. The van der Waals surface area contributed by atoms with Crippen LogP contribution in [0.15, 0.2) is 12.1 Å². The Morgan fingerprint density at radius 3 is 2.33 bits per heavy atom. The molecule has 0 N–H and O–H groups in total. The maximum absolute atomic E-state index is 13.1. The highest BCUT2D eigenvalue weighted by molar-refractivity contribution is 8.13. The lowest BCUT2D eigenvalue weighted by molar-refractivity contribution is 0.599. The van der Waals surface area contributed by atoms with Crippen LogP contribution in [0.5, 0.6) is 0 Å². The van der Waals surface area contributed by atoms with Crippen molar-refractivity contribution in [3.05, 3.63) is 33.6 Å². The highest BCUT2D eigenvalue weighted by Gasteiger charge is 2.26. The van der Waals surface area contributed by atoms with E-state index in [0.717, 1.165) is 6.07 Å². The van der Waals surface area contributed by atoms with Crippen LogP contribution in [0.4, 0.5) is 4.39 Å². The average molecular weight is 292 g/mol. The fourth-order valence-corrected chi connectivity index (χ4v) is 2.68. The van der Waals surface area contributed by atoms with Gasteiger partial charge in [-0.25, -0.2) is 12.8 Å². The minimum atomic E-state index is -3.88.